The number of benzene rings is 2. The third-order valence-electron chi connectivity index (χ3n) is 6.50. The second-order valence-corrected chi connectivity index (χ2v) is 9.99. The molecule has 0 radical (unpaired) electrons. The number of methoxy groups -OCH3 is 2. The van der Waals surface area contributed by atoms with Crippen molar-refractivity contribution in [2.24, 2.45) is 11.8 Å². The topological polar surface area (TPSA) is 86.3 Å². The van der Waals surface area contributed by atoms with E-state index in [-0.39, 0.29) is 23.8 Å². The van der Waals surface area contributed by atoms with Crippen LogP contribution in [-0.2, 0) is 19.1 Å². The molecule has 0 aromatic heterocycles. The van der Waals surface area contributed by atoms with Crippen molar-refractivity contribution >= 4 is 27.9 Å². The first kappa shape index (κ1) is 32.6. The zero-order valence-electron chi connectivity index (χ0n) is 23.2. The minimum Gasteiger partial charge on any atom is -0.493 e. The fourth-order valence-electron chi connectivity index (χ4n) is 4.27. The number of rotatable bonds is 9. The Kier molecular flexibility index (Phi) is 17.0. The molecule has 2 aromatic rings. The van der Waals surface area contributed by atoms with Gasteiger partial charge in [0.2, 0.25) is 0 Å². The molecule has 39 heavy (non-hydrogen) atoms. The molecule has 2 fully saturated rings. The summed E-state index contributed by atoms with van der Waals surface area (Å²) in [5, 5.41) is 4.06. The van der Waals surface area contributed by atoms with Crippen LogP contribution in [0.15, 0.2) is 60.7 Å². The lowest BCUT2D eigenvalue weighted by Crippen LogP contribution is -2.38. The SMILES string of the molecule is BrCCOc1ccccc1.COC(=O)C1CCN(CCOc2ccccc2)CC1.COC(=O)C1CCNCC1. The number of carbonyl (C=O) groups is 2. The minimum absolute atomic E-state index is 0.0542. The van der Waals surface area contributed by atoms with Crippen LogP contribution in [0.25, 0.3) is 0 Å². The molecule has 2 heterocycles. The molecule has 216 valence electrons. The standard InChI is InChI=1S/C15H21NO3.C8H9BrO.C7H13NO2/c1-18-15(17)13-7-9-16(10-8-13)11-12-19-14-5-3-2-4-6-14;9-6-7-10-8-4-2-1-3-5-8;1-10-7(9)6-2-4-8-5-3-6/h2-6,13H,7-12H2,1H3;1-5H,6-7H2;6,8H,2-5H2,1H3. The second kappa shape index (κ2) is 20.3. The molecule has 2 aliphatic rings. The molecule has 0 unspecified atom stereocenters. The van der Waals surface area contributed by atoms with Crippen molar-refractivity contribution in [2.45, 2.75) is 25.7 Å². The van der Waals surface area contributed by atoms with Crippen LogP contribution in [0.1, 0.15) is 25.7 Å². The Labute approximate surface area is 241 Å². The highest BCUT2D eigenvalue weighted by Crippen LogP contribution is 2.18. The summed E-state index contributed by atoms with van der Waals surface area (Å²) in [4.78, 5) is 24.7. The van der Waals surface area contributed by atoms with Gasteiger partial charge in [0.15, 0.2) is 0 Å². The summed E-state index contributed by atoms with van der Waals surface area (Å²) in [6.07, 6.45) is 3.62. The number of hydrogen-bond acceptors (Lipinski definition) is 8. The third kappa shape index (κ3) is 13.8. The summed E-state index contributed by atoms with van der Waals surface area (Å²) < 4.78 is 20.4. The fourth-order valence-corrected chi connectivity index (χ4v) is 4.43. The Morgan fingerprint density at radius 3 is 1.69 bits per heavy atom. The van der Waals surface area contributed by atoms with Crippen molar-refractivity contribution < 1.29 is 28.5 Å². The van der Waals surface area contributed by atoms with Crippen LogP contribution in [0.3, 0.4) is 0 Å². The van der Waals surface area contributed by atoms with Gasteiger partial charge in [0, 0.05) is 11.9 Å². The molecule has 8 nitrogen and oxygen atoms in total. The number of hydrogen-bond donors (Lipinski definition) is 1. The van der Waals surface area contributed by atoms with Gasteiger partial charge in [-0.1, -0.05) is 52.3 Å². The molecule has 0 atom stereocenters. The average Bonchev–Trinajstić information content (AvgIpc) is 3.01. The van der Waals surface area contributed by atoms with Crippen molar-refractivity contribution in [3.05, 3.63) is 60.7 Å². The molecular weight excluding hydrogens is 564 g/mol. The molecule has 2 aliphatic heterocycles. The monoisotopic (exact) mass is 606 g/mol. The van der Waals surface area contributed by atoms with E-state index < -0.39 is 0 Å². The molecule has 0 spiro atoms. The lowest BCUT2D eigenvalue weighted by molar-refractivity contribution is -0.147. The Balaban J connectivity index is 0.000000225. The van der Waals surface area contributed by atoms with E-state index in [1.165, 1.54) is 14.2 Å². The predicted octanol–water partition coefficient (Wildman–Crippen LogP) is 4.57. The number of alkyl halides is 1. The van der Waals surface area contributed by atoms with Crippen molar-refractivity contribution in [3.8, 4) is 11.5 Å². The van der Waals surface area contributed by atoms with Gasteiger partial charge < -0.3 is 24.3 Å². The van der Waals surface area contributed by atoms with Crippen LogP contribution >= 0.6 is 15.9 Å². The first-order valence-corrected chi connectivity index (χ1v) is 14.7. The maximum atomic E-state index is 11.4. The molecular formula is C30H43BrN2O6. The van der Waals surface area contributed by atoms with Gasteiger partial charge in [-0.25, -0.2) is 0 Å². The van der Waals surface area contributed by atoms with Gasteiger partial charge >= 0.3 is 11.9 Å². The number of ether oxygens (including phenoxy) is 4. The van der Waals surface area contributed by atoms with E-state index in [0.717, 1.165) is 81.8 Å². The van der Waals surface area contributed by atoms with E-state index >= 15 is 0 Å². The second-order valence-electron chi connectivity index (χ2n) is 9.20. The largest absolute Gasteiger partial charge is 0.493 e. The van der Waals surface area contributed by atoms with E-state index in [2.05, 4.69) is 30.9 Å². The van der Waals surface area contributed by atoms with E-state index in [1.807, 2.05) is 60.7 Å². The normalized spacial score (nSPS) is 16.0. The molecule has 0 amide bonds. The van der Waals surface area contributed by atoms with Crippen molar-refractivity contribution in [3.63, 3.8) is 0 Å². The molecule has 0 saturated carbocycles. The number of para-hydroxylation sites is 2. The van der Waals surface area contributed by atoms with Gasteiger partial charge in [-0.15, -0.1) is 0 Å². The number of esters is 2. The molecule has 0 bridgehead atoms. The van der Waals surface area contributed by atoms with Crippen molar-refractivity contribution in [1.29, 1.82) is 0 Å². The highest BCUT2D eigenvalue weighted by atomic mass is 79.9. The van der Waals surface area contributed by atoms with Gasteiger partial charge in [-0.2, -0.15) is 0 Å². The number of nitrogens with one attached hydrogen (secondary N) is 1. The Morgan fingerprint density at radius 1 is 0.769 bits per heavy atom. The quantitative estimate of drug-likeness (QED) is 0.328. The van der Waals surface area contributed by atoms with Gasteiger partial charge in [0.05, 0.1) is 32.7 Å². The summed E-state index contributed by atoms with van der Waals surface area (Å²) in [6.45, 7) is 6.09. The van der Waals surface area contributed by atoms with Crippen LogP contribution in [-0.4, -0.2) is 82.3 Å². The summed E-state index contributed by atoms with van der Waals surface area (Å²) >= 11 is 3.28. The summed E-state index contributed by atoms with van der Waals surface area (Å²) in [7, 11) is 2.91. The van der Waals surface area contributed by atoms with Gasteiger partial charge in [0.1, 0.15) is 18.1 Å². The van der Waals surface area contributed by atoms with Crippen molar-refractivity contribution in [2.75, 3.05) is 65.5 Å². The summed E-state index contributed by atoms with van der Waals surface area (Å²) in [5.74, 6) is 1.94. The highest BCUT2D eigenvalue weighted by Gasteiger charge is 2.25. The molecule has 9 heteroatoms. The van der Waals surface area contributed by atoms with Crippen LogP contribution in [0.2, 0.25) is 0 Å². The van der Waals surface area contributed by atoms with Gasteiger partial charge in [-0.05, 0) is 76.1 Å². The Hall–Kier alpha value is -2.62. The molecule has 2 saturated heterocycles. The highest BCUT2D eigenvalue weighted by molar-refractivity contribution is 9.09. The van der Waals surface area contributed by atoms with Crippen LogP contribution in [0.5, 0.6) is 11.5 Å². The lowest BCUT2D eigenvalue weighted by Gasteiger charge is -2.30. The number of likely N-dealkylation sites (tertiary alicyclic amines) is 1. The smallest absolute Gasteiger partial charge is 0.308 e. The molecule has 1 N–H and O–H groups in total. The molecule has 2 aromatic carbocycles. The maximum absolute atomic E-state index is 11.4. The number of nitrogens with zero attached hydrogens (tertiary/aromatic N) is 1. The summed E-state index contributed by atoms with van der Waals surface area (Å²) in [6, 6.07) is 19.6. The zero-order valence-corrected chi connectivity index (χ0v) is 24.8. The lowest BCUT2D eigenvalue weighted by atomic mass is 9.97. The predicted molar refractivity (Wildman–Crippen MR) is 156 cm³/mol. The third-order valence-corrected chi connectivity index (χ3v) is 6.83. The van der Waals surface area contributed by atoms with Crippen LogP contribution in [0.4, 0.5) is 0 Å². The van der Waals surface area contributed by atoms with Crippen LogP contribution in [0, 0.1) is 11.8 Å². The van der Waals surface area contributed by atoms with E-state index in [4.69, 9.17) is 14.2 Å². The average molecular weight is 608 g/mol. The molecule has 0 aliphatic carbocycles. The maximum Gasteiger partial charge on any atom is 0.308 e. The first-order chi connectivity index (χ1) is 19.1. The van der Waals surface area contributed by atoms with E-state index in [1.54, 1.807) is 0 Å². The zero-order chi connectivity index (χ0) is 28.1. The summed E-state index contributed by atoms with van der Waals surface area (Å²) in [5.41, 5.74) is 0. The molecule has 4 rings (SSSR count). The van der Waals surface area contributed by atoms with E-state index in [9.17, 15) is 9.59 Å². The number of halogens is 1. The van der Waals surface area contributed by atoms with Crippen molar-refractivity contribution in [1.82, 2.24) is 10.2 Å². The van der Waals surface area contributed by atoms with E-state index in [0.29, 0.717) is 6.61 Å². The number of carbonyl (C=O) groups excluding carboxylic acids is 2. The minimum atomic E-state index is -0.0693. The first-order valence-electron chi connectivity index (χ1n) is 13.6. The Morgan fingerprint density at radius 2 is 1.23 bits per heavy atom. The van der Waals surface area contributed by atoms with Crippen LogP contribution < -0.4 is 14.8 Å². The fraction of sp³-hybridized carbons (Fsp3) is 0.533. The number of piperidine rings is 2. The van der Waals surface area contributed by atoms with Gasteiger partial charge in [-0.3, -0.25) is 14.5 Å². The van der Waals surface area contributed by atoms with Gasteiger partial charge in [0.25, 0.3) is 0 Å². The Bertz CT molecular complexity index is 904.